The zero-order valence-corrected chi connectivity index (χ0v) is 13.9. The maximum atomic E-state index is 5.87. The fraction of sp³-hybridized carbons (Fsp3) is 0.333. The summed E-state index contributed by atoms with van der Waals surface area (Å²) < 4.78 is 16.5. The highest BCUT2D eigenvalue weighted by atomic mass is 35.5. The molecular weight excluding hydrogens is 314 g/mol. The lowest BCUT2D eigenvalue weighted by Gasteiger charge is -2.20. The molecule has 0 fully saturated rings. The molecule has 5 heteroatoms. The molecule has 0 spiro atoms. The maximum absolute atomic E-state index is 5.87. The van der Waals surface area contributed by atoms with Crippen LogP contribution in [0.25, 0.3) is 0 Å². The lowest BCUT2D eigenvalue weighted by atomic mass is 10.2. The monoisotopic (exact) mass is 333 g/mol. The Kier molecular flexibility index (Phi) is 5.26. The summed E-state index contributed by atoms with van der Waals surface area (Å²) >= 11 is 5.87. The molecule has 23 heavy (non-hydrogen) atoms. The van der Waals surface area contributed by atoms with Gasteiger partial charge in [-0.3, -0.25) is 4.90 Å². The van der Waals surface area contributed by atoms with Gasteiger partial charge >= 0.3 is 0 Å². The molecule has 2 aromatic carbocycles. The van der Waals surface area contributed by atoms with Gasteiger partial charge in [-0.15, -0.1) is 0 Å². The Morgan fingerprint density at radius 2 is 1.87 bits per heavy atom. The van der Waals surface area contributed by atoms with Crippen molar-refractivity contribution in [2.75, 3.05) is 26.5 Å². The first-order valence-electron chi connectivity index (χ1n) is 7.74. The van der Waals surface area contributed by atoms with E-state index in [0.717, 1.165) is 41.9 Å². The maximum Gasteiger partial charge on any atom is 0.231 e. The Morgan fingerprint density at radius 3 is 2.65 bits per heavy atom. The fourth-order valence-electron chi connectivity index (χ4n) is 2.47. The minimum atomic E-state index is 0.311. The van der Waals surface area contributed by atoms with Crippen LogP contribution in [-0.2, 0) is 6.54 Å². The number of ether oxygens (including phenoxy) is 3. The van der Waals surface area contributed by atoms with Crippen LogP contribution in [0, 0.1) is 0 Å². The zero-order valence-electron chi connectivity index (χ0n) is 13.1. The van der Waals surface area contributed by atoms with Crippen LogP contribution in [0.15, 0.2) is 42.5 Å². The standard InChI is InChI=1S/C18H20ClNO3/c1-2-20(9-10-21-16-6-4-15(19)5-7-16)12-14-3-8-17-18(11-14)23-13-22-17/h3-8,11H,2,9-10,12-13H2,1H3. The van der Waals surface area contributed by atoms with Gasteiger partial charge in [0.15, 0.2) is 11.5 Å². The molecule has 122 valence electrons. The summed E-state index contributed by atoms with van der Waals surface area (Å²) in [6.45, 7) is 5.77. The van der Waals surface area contributed by atoms with Crippen molar-refractivity contribution in [1.82, 2.24) is 4.90 Å². The molecule has 1 heterocycles. The Bertz CT molecular complexity index is 645. The predicted octanol–water partition coefficient (Wildman–Crippen LogP) is 3.97. The Labute approximate surface area is 141 Å². The van der Waals surface area contributed by atoms with E-state index >= 15 is 0 Å². The molecule has 0 aromatic heterocycles. The summed E-state index contributed by atoms with van der Waals surface area (Å²) in [6.07, 6.45) is 0. The van der Waals surface area contributed by atoms with Crippen LogP contribution in [0.4, 0.5) is 0 Å². The molecule has 0 N–H and O–H groups in total. The third-order valence-electron chi connectivity index (χ3n) is 3.78. The highest BCUT2D eigenvalue weighted by Crippen LogP contribution is 2.32. The highest BCUT2D eigenvalue weighted by molar-refractivity contribution is 6.30. The van der Waals surface area contributed by atoms with Crippen LogP contribution >= 0.6 is 11.6 Å². The van der Waals surface area contributed by atoms with Crippen molar-refractivity contribution >= 4 is 11.6 Å². The SMILES string of the molecule is CCN(CCOc1ccc(Cl)cc1)Cc1ccc2c(c1)OCO2. The van der Waals surface area contributed by atoms with E-state index in [1.807, 2.05) is 36.4 Å². The molecule has 0 bridgehead atoms. The molecule has 0 amide bonds. The predicted molar refractivity (Wildman–Crippen MR) is 90.5 cm³/mol. The second kappa shape index (κ2) is 7.57. The number of rotatable bonds is 7. The van der Waals surface area contributed by atoms with E-state index in [4.69, 9.17) is 25.8 Å². The fourth-order valence-corrected chi connectivity index (χ4v) is 2.60. The number of hydrogen-bond donors (Lipinski definition) is 0. The Hall–Kier alpha value is -1.91. The average Bonchev–Trinajstić information content (AvgIpc) is 3.03. The van der Waals surface area contributed by atoms with Crippen molar-refractivity contribution in [1.29, 1.82) is 0 Å². The van der Waals surface area contributed by atoms with Crippen molar-refractivity contribution in [3.8, 4) is 17.2 Å². The first-order chi connectivity index (χ1) is 11.2. The molecule has 0 unspecified atom stereocenters. The van der Waals surface area contributed by atoms with Crippen LogP contribution in [0.2, 0.25) is 5.02 Å². The van der Waals surface area contributed by atoms with E-state index in [9.17, 15) is 0 Å². The van der Waals surface area contributed by atoms with Gasteiger partial charge in [0, 0.05) is 18.1 Å². The number of fused-ring (bicyclic) bond motifs is 1. The van der Waals surface area contributed by atoms with E-state index < -0.39 is 0 Å². The zero-order chi connectivity index (χ0) is 16.1. The lowest BCUT2D eigenvalue weighted by Crippen LogP contribution is -2.27. The van der Waals surface area contributed by atoms with Crippen molar-refractivity contribution in [2.24, 2.45) is 0 Å². The van der Waals surface area contributed by atoms with Gasteiger partial charge in [0.2, 0.25) is 6.79 Å². The second-order valence-electron chi connectivity index (χ2n) is 5.36. The highest BCUT2D eigenvalue weighted by Gasteiger charge is 2.14. The van der Waals surface area contributed by atoms with Crippen molar-refractivity contribution < 1.29 is 14.2 Å². The molecule has 0 atom stereocenters. The van der Waals surface area contributed by atoms with Gasteiger partial charge in [-0.2, -0.15) is 0 Å². The summed E-state index contributed by atoms with van der Waals surface area (Å²) in [5.41, 5.74) is 1.21. The Morgan fingerprint density at radius 1 is 1.09 bits per heavy atom. The van der Waals surface area contributed by atoms with Gasteiger partial charge in [-0.25, -0.2) is 0 Å². The number of likely N-dealkylation sites (N-methyl/N-ethyl adjacent to an activating group) is 1. The molecule has 4 nitrogen and oxygen atoms in total. The number of benzene rings is 2. The third kappa shape index (κ3) is 4.30. The number of halogens is 1. The molecule has 0 saturated heterocycles. The van der Waals surface area contributed by atoms with Crippen molar-refractivity contribution in [2.45, 2.75) is 13.5 Å². The number of nitrogens with zero attached hydrogens (tertiary/aromatic N) is 1. The first kappa shape index (κ1) is 16.0. The summed E-state index contributed by atoms with van der Waals surface area (Å²) in [5.74, 6) is 2.49. The van der Waals surface area contributed by atoms with Crippen LogP contribution < -0.4 is 14.2 Å². The minimum absolute atomic E-state index is 0.311. The van der Waals surface area contributed by atoms with Crippen molar-refractivity contribution in [3.05, 3.63) is 53.1 Å². The molecule has 1 aliphatic heterocycles. The van der Waals surface area contributed by atoms with Crippen LogP contribution in [0.1, 0.15) is 12.5 Å². The van der Waals surface area contributed by atoms with Gasteiger partial charge < -0.3 is 14.2 Å². The molecule has 3 rings (SSSR count). The molecule has 2 aromatic rings. The minimum Gasteiger partial charge on any atom is -0.492 e. The van der Waals surface area contributed by atoms with Gasteiger partial charge in [-0.05, 0) is 48.5 Å². The van der Waals surface area contributed by atoms with E-state index in [1.54, 1.807) is 0 Å². The molecular formula is C18H20ClNO3. The van der Waals surface area contributed by atoms with E-state index in [0.29, 0.717) is 13.4 Å². The third-order valence-corrected chi connectivity index (χ3v) is 4.03. The summed E-state index contributed by atoms with van der Waals surface area (Å²) in [7, 11) is 0. The van der Waals surface area contributed by atoms with Gasteiger partial charge in [0.1, 0.15) is 12.4 Å². The average molecular weight is 334 g/mol. The normalized spacial score (nSPS) is 12.7. The van der Waals surface area contributed by atoms with Gasteiger partial charge in [-0.1, -0.05) is 24.6 Å². The largest absolute Gasteiger partial charge is 0.492 e. The lowest BCUT2D eigenvalue weighted by molar-refractivity contribution is 0.174. The van der Waals surface area contributed by atoms with E-state index in [2.05, 4.69) is 17.9 Å². The quantitative estimate of drug-likeness (QED) is 0.767. The molecule has 0 radical (unpaired) electrons. The van der Waals surface area contributed by atoms with E-state index in [-0.39, 0.29) is 0 Å². The smallest absolute Gasteiger partial charge is 0.231 e. The first-order valence-corrected chi connectivity index (χ1v) is 8.11. The van der Waals surface area contributed by atoms with Crippen LogP contribution in [-0.4, -0.2) is 31.4 Å². The van der Waals surface area contributed by atoms with Crippen LogP contribution in [0.3, 0.4) is 0 Å². The summed E-state index contributed by atoms with van der Waals surface area (Å²) in [4.78, 5) is 2.33. The van der Waals surface area contributed by atoms with Gasteiger partial charge in [0.05, 0.1) is 0 Å². The van der Waals surface area contributed by atoms with E-state index in [1.165, 1.54) is 5.56 Å². The Balaban J connectivity index is 1.50. The topological polar surface area (TPSA) is 30.9 Å². The molecule has 0 saturated carbocycles. The van der Waals surface area contributed by atoms with Gasteiger partial charge in [0.25, 0.3) is 0 Å². The number of hydrogen-bond acceptors (Lipinski definition) is 4. The summed E-state index contributed by atoms with van der Waals surface area (Å²) in [5, 5.41) is 0.718. The van der Waals surface area contributed by atoms with Crippen molar-refractivity contribution in [3.63, 3.8) is 0 Å². The second-order valence-corrected chi connectivity index (χ2v) is 5.80. The molecule has 0 aliphatic carbocycles. The van der Waals surface area contributed by atoms with Crippen LogP contribution in [0.5, 0.6) is 17.2 Å². The summed E-state index contributed by atoms with van der Waals surface area (Å²) in [6, 6.07) is 13.5. The molecule has 1 aliphatic rings.